The molecular formula is C8H15FN4O3S. The molecule has 9 heteroatoms. The highest BCUT2D eigenvalue weighted by Crippen LogP contribution is 2.22. The maximum absolute atomic E-state index is 13.0. The zero-order valence-corrected chi connectivity index (χ0v) is 10.5. The Hall–Kier alpha value is -1.06. The van der Waals surface area contributed by atoms with Crippen molar-refractivity contribution in [1.29, 1.82) is 0 Å². The van der Waals surface area contributed by atoms with Gasteiger partial charge >= 0.3 is 10.2 Å². The molecule has 0 unspecified atom stereocenters. The fraction of sp³-hybridized carbons (Fsp3) is 0.750. The quantitative estimate of drug-likeness (QED) is 0.736. The Kier molecular flexibility index (Phi) is 3.84. The number of rotatable bonds is 4. The molecule has 0 fully saturated rings. The minimum Gasteiger partial charge on any atom is -0.391 e. The topological polar surface area (TPSA) is 111 Å². The summed E-state index contributed by atoms with van der Waals surface area (Å²) in [5.41, 5.74) is 5.64. The number of nitrogens with two attached hydrogens (primary N) is 1. The molecule has 0 amide bonds. The van der Waals surface area contributed by atoms with Crippen LogP contribution < -0.4 is 5.73 Å². The predicted octanol–water partition coefficient (Wildman–Crippen LogP) is -0.102. The van der Waals surface area contributed by atoms with Crippen molar-refractivity contribution in [3.8, 4) is 0 Å². The summed E-state index contributed by atoms with van der Waals surface area (Å²) in [5.74, 6) is 0.0335. The average molecular weight is 266 g/mol. The molecule has 0 aliphatic heterocycles. The van der Waals surface area contributed by atoms with E-state index in [0.29, 0.717) is 0 Å². The fourth-order valence-corrected chi connectivity index (χ4v) is 2.06. The van der Waals surface area contributed by atoms with Crippen LogP contribution in [-0.2, 0) is 10.2 Å². The molecule has 0 aromatic carbocycles. The van der Waals surface area contributed by atoms with E-state index in [1.165, 1.54) is 6.92 Å². The van der Waals surface area contributed by atoms with Crippen molar-refractivity contribution in [2.75, 3.05) is 0 Å². The average Bonchev–Trinajstić information content (AvgIpc) is 2.59. The van der Waals surface area contributed by atoms with E-state index in [1.54, 1.807) is 13.8 Å². The number of hydrogen-bond acceptors (Lipinski definition) is 6. The molecule has 0 aliphatic carbocycles. The first-order valence-corrected chi connectivity index (χ1v) is 6.37. The number of halogens is 1. The third-order valence-electron chi connectivity index (χ3n) is 2.24. The Morgan fingerprint density at radius 2 is 1.88 bits per heavy atom. The molecule has 1 heterocycles. The molecule has 0 aliphatic rings. The van der Waals surface area contributed by atoms with Crippen LogP contribution in [0.2, 0.25) is 0 Å². The Morgan fingerprint density at radius 1 is 1.35 bits per heavy atom. The summed E-state index contributed by atoms with van der Waals surface area (Å²) in [6.07, 6.45) is -0.952. The zero-order chi connectivity index (χ0) is 13.4. The van der Waals surface area contributed by atoms with Crippen molar-refractivity contribution in [3.63, 3.8) is 0 Å². The highest BCUT2D eigenvalue weighted by molar-refractivity contribution is 7.86. The molecule has 7 nitrogen and oxygen atoms in total. The van der Waals surface area contributed by atoms with E-state index in [2.05, 4.69) is 10.2 Å². The van der Waals surface area contributed by atoms with Crippen LogP contribution in [0.4, 0.5) is 3.89 Å². The van der Waals surface area contributed by atoms with Crippen LogP contribution in [0.15, 0.2) is 5.16 Å². The van der Waals surface area contributed by atoms with Crippen molar-refractivity contribution in [1.82, 2.24) is 14.8 Å². The van der Waals surface area contributed by atoms with E-state index in [4.69, 9.17) is 5.73 Å². The second kappa shape index (κ2) is 4.67. The van der Waals surface area contributed by atoms with E-state index in [9.17, 15) is 17.4 Å². The minimum atomic E-state index is -4.96. The van der Waals surface area contributed by atoms with Gasteiger partial charge in [0.1, 0.15) is 0 Å². The molecule has 2 atom stereocenters. The van der Waals surface area contributed by atoms with E-state index >= 15 is 0 Å². The smallest absolute Gasteiger partial charge is 0.368 e. The van der Waals surface area contributed by atoms with E-state index in [-0.39, 0.29) is 5.82 Å². The van der Waals surface area contributed by atoms with Crippen LogP contribution in [0, 0.1) is 0 Å². The first kappa shape index (κ1) is 14.0. The molecule has 1 rings (SSSR count). The number of aromatic nitrogens is 3. The summed E-state index contributed by atoms with van der Waals surface area (Å²) in [4.78, 5) is 0. The van der Waals surface area contributed by atoms with Gasteiger partial charge in [0.2, 0.25) is 0 Å². The Bertz CT molecular complexity index is 497. The molecule has 1 aromatic heterocycles. The highest BCUT2D eigenvalue weighted by atomic mass is 32.3. The van der Waals surface area contributed by atoms with Crippen LogP contribution >= 0.6 is 0 Å². The highest BCUT2D eigenvalue weighted by Gasteiger charge is 2.29. The molecule has 3 N–H and O–H groups in total. The van der Waals surface area contributed by atoms with Crippen LogP contribution in [0.25, 0.3) is 0 Å². The monoisotopic (exact) mass is 266 g/mol. The van der Waals surface area contributed by atoms with Crippen LogP contribution in [0.1, 0.15) is 38.7 Å². The minimum absolute atomic E-state index is 0.0335. The lowest BCUT2D eigenvalue weighted by Gasteiger charge is -2.18. The summed E-state index contributed by atoms with van der Waals surface area (Å²) in [6, 6.07) is -1.33. The first-order chi connectivity index (χ1) is 7.66. The number of aliphatic hydroxyl groups excluding tert-OH is 1. The summed E-state index contributed by atoms with van der Waals surface area (Å²) in [7, 11) is -4.96. The van der Waals surface area contributed by atoms with Gasteiger partial charge in [-0.15, -0.1) is 10.2 Å². The molecule has 0 saturated carbocycles. The van der Waals surface area contributed by atoms with Gasteiger partial charge in [-0.2, -0.15) is 8.42 Å². The van der Waals surface area contributed by atoms with E-state index in [1.807, 2.05) is 0 Å². The van der Waals surface area contributed by atoms with Gasteiger partial charge in [-0.05, 0) is 20.8 Å². The molecule has 0 saturated heterocycles. The van der Waals surface area contributed by atoms with Gasteiger partial charge in [0.25, 0.3) is 5.16 Å². The van der Waals surface area contributed by atoms with Crippen molar-refractivity contribution >= 4 is 10.2 Å². The lowest BCUT2D eigenvalue weighted by atomic mass is 10.2. The lowest BCUT2D eigenvalue weighted by Crippen LogP contribution is -2.28. The number of aliphatic hydroxyl groups is 1. The SMILES string of the molecule is CC(C)n1c([C@@H](N)[C@H](C)O)nnc1S(=O)(=O)F. The van der Waals surface area contributed by atoms with Gasteiger partial charge in [0.05, 0.1) is 12.1 Å². The second-order valence-corrected chi connectivity index (χ2v) is 5.25. The zero-order valence-electron chi connectivity index (χ0n) is 9.70. The molecule has 98 valence electrons. The van der Waals surface area contributed by atoms with Crippen molar-refractivity contribution in [2.45, 2.75) is 44.1 Å². The normalized spacial score (nSPS) is 16.2. The van der Waals surface area contributed by atoms with Crippen molar-refractivity contribution in [3.05, 3.63) is 5.82 Å². The summed E-state index contributed by atoms with van der Waals surface area (Å²) < 4.78 is 35.8. The van der Waals surface area contributed by atoms with Crippen LogP contribution in [-0.4, -0.2) is 34.4 Å². The summed E-state index contributed by atoms with van der Waals surface area (Å²) >= 11 is 0. The lowest BCUT2D eigenvalue weighted by molar-refractivity contribution is 0.157. The maximum atomic E-state index is 13.0. The standard InChI is InChI=1S/C8H15FN4O3S/c1-4(2)13-7(6(10)5(3)14)11-12-8(13)17(9,15)16/h4-6,14H,10H2,1-3H3/t5-,6-/m0/s1. The van der Waals surface area contributed by atoms with Gasteiger partial charge in [-0.3, -0.25) is 4.57 Å². The largest absolute Gasteiger partial charge is 0.391 e. The van der Waals surface area contributed by atoms with Gasteiger partial charge < -0.3 is 10.8 Å². The van der Waals surface area contributed by atoms with Gasteiger partial charge in [-0.25, -0.2) is 0 Å². The van der Waals surface area contributed by atoms with E-state index in [0.717, 1.165) is 4.57 Å². The molecular weight excluding hydrogens is 251 g/mol. The van der Waals surface area contributed by atoms with Crippen LogP contribution in [0.5, 0.6) is 0 Å². The maximum Gasteiger partial charge on any atom is 0.368 e. The van der Waals surface area contributed by atoms with Gasteiger partial charge in [-0.1, -0.05) is 3.89 Å². The van der Waals surface area contributed by atoms with Crippen LogP contribution in [0.3, 0.4) is 0 Å². The number of hydrogen-bond donors (Lipinski definition) is 2. The number of nitrogens with zero attached hydrogens (tertiary/aromatic N) is 3. The third kappa shape index (κ3) is 2.79. The Balaban J connectivity index is 3.41. The van der Waals surface area contributed by atoms with Crippen molar-refractivity contribution in [2.24, 2.45) is 5.73 Å². The Labute approximate surface area is 98.7 Å². The molecule has 0 radical (unpaired) electrons. The van der Waals surface area contributed by atoms with Gasteiger partial charge in [0.15, 0.2) is 5.82 Å². The molecule has 0 bridgehead atoms. The van der Waals surface area contributed by atoms with Gasteiger partial charge in [0, 0.05) is 6.04 Å². The second-order valence-electron chi connectivity index (χ2n) is 4.01. The predicted molar refractivity (Wildman–Crippen MR) is 57.3 cm³/mol. The van der Waals surface area contributed by atoms with Crippen molar-refractivity contribution < 1.29 is 17.4 Å². The summed E-state index contributed by atoms with van der Waals surface area (Å²) in [6.45, 7) is 4.69. The molecule has 1 aromatic rings. The first-order valence-electron chi connectivity index (χ1n) is 4.99. The third-order valence-corrected chi connectivity index (χ3v) is 2.96. The van der Waals surface area contributed by atoms with E-state index < -0.39 is 33.6 Å². The fourth-order valence-electron chi connectivity index (χ4n) is 1.38. The molecule has 17 heavy (non-hydrogen) atoms. The Morgan fingerprint density at radius 3 is 2.24 bits per heavy atom. The summed E-state index contributed by atoms with van der Waals surface area (Å²) in [5, 5.41) is 15.4. The molecule has 0 spiro atoms.